The molecule has 7 nitrogen and oxygen atoms in total. The van der Waals surface area contributed by atoms with E-state index in [9.17, 15) is 10.2 Å². The molecule has 0 amide bonds. The van der Waals surface area contributed by atoms with E-state index in [2.05, 4.69) is 32.1 Å². The highest BCUT2D eigenvalue weighted by Crippen LogP contribution is 2.36. The highest BCUT2D eigenvalue weighted by Gasteiger charge is 2.16. The molecule has 174 valence electrons. The first-order chi connectivity index (χ1) is 16.1. The maximum atomic E-state index is 10.0. The van der Waals surface area contributed by atoms with Crippen LogP contribution in [0.2, 0.25) is 0 Å². The Kier molecular flexibility index (Phi) is 7.60. The molecular weight excluding hydrogens is 414 g/mol. The minimum absolute atomic E-state index is 0.270. The van der Waals surface area contributed by atoms with Gasteiger partial charge >= 0.3 is 0 Å². The Morgan fingerprint density at radius 2 is 1.48 bits per heavy atom. The number of tetrazole rings is 1. The standard InChI is InChI=1S/C26H33N5O2/c1-19-23-18-22(33)15-16-24(23)31(26(19)20-11-13-21(32)14-12-20)17-9-7-5-3-2-4-6-8-10-25-27-29-30-28-25/h11-16,18,32-33H,2-10,17H2,1H3,(H,27,28,29,30). The van der Waals surface area contributed by atoms with Crippen LogP contribution >= 0.6 is 0 Å². The fourth-order valence-electron chi connectivity index (χ4n) is 4.64. The SMILES string of the molecule is Cc1c(-c2ccc(O)cc2)n(CCCCCCCCCCc2nnn[nH]2)c2ccc(O)cc12. The van der Waals surface area contributed by atoms with Crippen molar-refractivity contribution in [2.24, 2.45) is 0 Å². The molecule has 4 rings (SSSR count). The molecule has 0 radical (unpaired) electrons. The summed E-state index contributed by atoms with van der Waals surface area (Å²) >= 11 is 0. The Morgan fingerprint density at radius 1 is 0.818 bits per heavy atom. The molecule has 0 fully saturated rings. The second-order valence-electron chi connectivity index (χ2n) is 8.80. The van der Waals surface area contributed by atoms with Gasteiger partial charge in [-0.2, -0.15) is 0 Å². The predicted octanol–water partition coefficient (Wildman–Crippen LogP) is 5.90. The number of aromatic nitrogens is 5. The summed E-state index contributed by atoms with van der Waals surface area (Å²) in [5.41, 5.74) is 4.56. The number of unbranched alkanes of at least 4 members (excludes halogenated alkanes) is 7. The Hall–Kier alpha value is -3.35. The number of nitrogens with zero attached hydrogens (tertiary/aromatic N) is 4. The summed E-state index contributed by atoms with van der Waals surface area (Å²) in [5, 5.41) is 34.7. The fourth-order valence-corrected chi connectivity index (χ4v) is 4.64. The fraction of sp³-hybridized carbons (Fsp3) is 0.423. The van der Waals surface area contributed by atoms with Crippen molar-refractivity contribution in [1.82, 2.24) is 25.2 Å². The maximum Gasteiger partial charge on any atom is 0.148 e. The van der Waals surface area contributed by atoms with E-state index in [-0.39, 0.29) is 11.5 Å². The molecule has 3 N–H and O–H groups in total. The van der Waals surface area contributed by atoms with E-state index in [0.717, 1.165) is 59.4 Å². The third-order valence-electron chi connectivity index (χ3n) is 6.38. The number of aromatic hydroxyl groups is 2. The molecule has 2 aromatic heterocycles. The van der Waals surface area contributed by atoms with E-state index < -0.39 is 0 Å². The van der Waals surface area contributed by atoms with E-state index in [1.54, 1.807) is 18.2 Å². The normalized spacial score (nSPS) is 11.4. The van der Waals surface area contributed by atoms with Gasteiger partial charge in [0.25, 0.3) is 0 Å². The first-order valence-electron chi connectivity index (χ1n) is 12.0. The Balaban J connectivity index is 1.29. The molecule has 0 spiro atoms. The predicted molar refractivity (Wildman–Crippen MR) is 130 cm³/mol. The number of aromatic amines is 1. The number of hydrogen-bond donors (Lipinski definition) is 3. The number of aryl methyl sites for hydroxylation is 3. The molecule has 0 unspecified atom stereocenters. The third-order valence-corrected chi connectivity index (χ3v) is 6.38. The highest BCUT2D eigenvalue weighted by atomic mass is 16.3. The van der Waals surface area contributed by atoms with Gasteiger partial charge in [-0.1, -0.05) is 38.5 Å². The maximum absolute atomic E-state index is 10.0. The first-order valence-corrected chi connectivity index (χ1v) is 12.0. The minimum Gasteiger partial charge on any atom is -0.508 e. The Morgan fingerprint density at radius 3 is 2.18 bits per heavy atom. The van der Waals surface area contributed by atoms with Crippen LogP contribution < -0.4 is 0 Å². The molecule has 0 atom stereocenters. The van der Waals surface area contributed by atoms with Crippen LogP contribution in [0, 0.1) is 6.92 Å². The van der Waals surface area contributed by atoms with E-state index in [4.69, 9.17) is 0 Å². The number of rotatable bonds is 12. The molecule has 2 heterocycles. The zero-order valence-electron chi connectivity index (χ0n) is 19.3. The van der Waals surface area contributed by atoms with Crippen molar-refractivity contribution >= 4 is 10.9 Å². The van der Waals surface area contributed by atoms with Crippen molar-refractivity contribution in [3.8, 4) is 22.8 Å². The Bertz CT molecular complexity index is 1150. The van der Waals surface area contributed by atoms with Gasteiger partial charge in [0, 0.05) is 23.9 Å². The molecule has 0 saturated carbocycles. The van der Waals surface area contributed by atoms with E-state index in [0.29, 0.717) is 0 Å². The van der Waals surface area contributed by atoms with E-state index in [1.807, 2.05) is 24.3 Å². The van der Waals surface area contributed by atoms with Crippen molar-refractivity contribution in [3.63, 3.8) is 0 Å². The second-order valence-corrected chi connectivity index (χ2v) is 8.80. The van der Waals surface area contributed by atoms with Crippen LogP contribution in [-0.4, -0.2) is 35.4 Å². The lowest BCUT2D eigenvalue weighted by Gasteiger charge is -2.12. The van der Waals surface area contributed by atoms with Crippen molar-refractivity contribution in [3.05, 3.63) is 53.9 Å². The van der Waals surface area contributed by atoms with Gasteiger partial charge in [-0.05, 0) is 83.8 Å². The van der Waals surface area contributed by atoms with Gasteiger partial charge in [0.05, 0.1) is 5.69 Å². The van der Waals surface area contributed by atoms with Gasteiger partial charge in [0.2, 0.25) is 0 Å². The molecule has 0 aliphatic rings. The molecule has 0 aliphatic heterocycles. The average Bonchev–Trinajstić information content (AvgIpc) is 3.42. The van der Waals surface area contributed by atoms with Crippen molar-refractivity contribution in [2.75, 3.05) is 0 Å². The summed E-state index contributed by atoms with van der Waals surface area (Å²) in [4.78, 5) is 0. The third kappa shape index (κ3) is 5.72. The molecule has 7 heteroatoms. The van der Waals surface area contributed by atoms with Crippen LogP contribution in [0.5, 0.6) is 11.5 Å². The van der Waals surface area contributed by atoms with Crippen LogP contribution in [0.4, 0.5) is 0 Å². The summed E-state index contributed by atoms with van der Waals surface area (Å²) in [6.07, 6.45) is 10.7. The summed E-state index contributed by atoms with van der Waals surface area (Å²) in [6.45, 7) is 3.05. The van der Waals surface area contributed by atoms with Crippen LogP contribution in [0.3, 0.4) is 0 Å². The highest BCUT2D eigenvalue weighted by molar-refractivity contribution is 5.92. The van der Waals surface area contributed by atoms with Gasteiger partial charge in [0.15, 0.2) is 0 Å². The smallest absolute Gasteiger partial charge is 0.148 e. The molecule has 0 bridgehead atoms. The van der Waals surface area contributed by atoms with E-state index in [1.165, 1.54) is 38.5 Å². The molecule has 33 heavy (non-hydrogen) atoms. The number of hydrogen-bond acceptors (Lipinski definition) is 5. The van der Waals surface area contributed by atoms with Gasteiger partial charge in [0.1, 0.15) is 17.3 Å². The quantitative estimate of drug-likeness (QED) is 0.235. The molecule has 4 aromatic rings. The van der Waals surface area contributed by atoms with Gasteiger partial charge in [-0.15, -0.1) is 5.10 Å². The summed E-state index contributed by atoms with van der Waals surface area (Å²) in [5.74, 6) is 1.44. The lowest BCUT2D eigenvalue weighted by atomic mass is 10.1. The number of benzene rings is 2. The minimum atomic E-state index is 0.270. The van der Waals surface area contributed by atoms with Crippen LogP contribution in [-0.2, 0) is 13.0 Å². The Labute approximate surface area is 194 Å². The second kappa shape index (κ2) is 11.0. The molecular formula is C26H33N5O2. The summed E-state index contributed by atoms with van der Waals surface area (Å²) in [7, 11) is 0. The van der Waals surface area contributed by atoms with Gasteiger partial charge < -0.3 is 14.8 Å². The lowest BCUT2D eigenvalue weighted by Crippen LogP contribution is -2.01. The molecule has 0 aliphatic carbocycles. The topological polar surface area (TPSA) is 99.9 Å². The van der Waals surface area contributed by atoms with Crippen LogP contribution in [0.1, 0.15) is 62.8 Å². The average molecular weight is 448 g/mol. The van der Waals surface area contributed by atoms with Gasteiger partial charge in [-0.25, -0.2) is 5.10 Å². The first kappa shape index (κ1) is 22.8. The largest absolute Gasteiger partial charge is 0.508 e. The number of H-pyrrole nitrogens is 1. The number of phenols is 2. The van der Waals surface area contributed by atoms with Crippen LogP contribution in [0.25, 0.3) is 22.2 Å². The lowest BCUT2D eigenvalue weighted by molar-refractivity contribution is 0.475. The molecule has 2 aromatic carbocycles. The number of nitrogens with one attached hydrogen (secondary N) is 1. The number of fused-ring (bicyclic) bond motifs is 1. The van der Waals surface area contributed by atoms with Gasteiger partial charge in [-0.3, -0.25) is 0 Å². The van der Waals surface area contributed by atoms with Crippen molar-refractivity contribution < 1.29 is 10.2 Å². The zero-order valence-corrected chi connectivity index (χ0v) is 19.3. The van der Waals surface area contributed by atoms with Crippen molar-refractivity contribution in [1.29, 1.82) is 0 Å². The molecule has 0 saturated heterocycles. The summed E-state index contributed by atoms with van der Waals surface area (Å²) in [6, 6.07) is 13.0. The van der Waals surface area contributed by atoms with Crippen molar-refractivity contribution in [2.45, 2.75) is 71.3 Å². The van der Waals surface area contributed by atoms with Crippen LogP contribution in [0.15, 0.2) is 42.5 Å². The summed E-state index contributed by atoms with van der Waals surface area (Å²) < 4.78 is 2.37. The van der Waals surface area contributed by atoms with E-state index >= 15 is 0 Å². The monoisotopic (exact) mass is 447 g/mol. The number of phenolic OH excluding ortho intramolecular Hbond substituents is 2. The zero-order chi connectivity index (χ0) is 23.0.